The average Bonchev–Trinajstić information content (AvgIpc) is 2.99. The summed E-state index contributed by atoms with van der Waals surface area (Å²) >= 11 is 3.34. The van der Waals surface area contributed by atoms with Crippen LogP contribution in [0.2, 0.25) is 0 Å². The number of ether oxygens (including phenoxy) is 1. The number of hydrogen-bond donors (Lipinski definition) is 1. The Balaban J connectivity index is 1.53. The second-order valence-electron chi connectivity index (χ2n) is 6.44. The van der Waals surface area contributed by atoms with Crippen molar-refractivity contribution in [1.29, 1.82) is 0 Å². The standard InChI is InChI=1S/C19H16BrN3O4/c20-11-4-5-12(21-8-11)10-27-16-3-1-2-13-14(16)9-23(19(13)26)15-6-7-17(24)22-18(15)25/h1-5,8,15H,6-7,9-10H2,(H,22,24,25). The summed E-state index contributed by atoms with van der Waals surface area (Å²) in [6, 6.07) is 8.40. The van der Waals surface area contributed by atoms with Crippen LogP contribution in [-0.2, 0) is 22.7 Å². The molecule has 1 saturated heterocycles. The summed E-state index contributed by atoms with van der Waals surface area (Å²) in [6.07, 6.45) is 2.26. The molecule has 3 heterocycles. The summed E-state index contributed by atoms with van der Waals surface area (Å²) in [5.74, 6) is -0.340. The molecule has 0 radical (unpaired) electrons. The maximum atomic E-state index is 12.8. The number of aromatic nitrogens is 1. The third-order valence-electron chi connectivity index (χ3n) is 4.70. The molecule has 1 unspecified atom stereocenters. The number of amides is 3. The zero-order chi connectivity index (χ0) is 19.0. The number of imide groups is 1. The van der Waals surface area contributed by atoms with E-state index in [9.17, 15) is 14.4 Å². The minimum atomic E-state index is -0.636. The van der Waals surface area contributed by atoms with Crippen molar-refractivity contribution in [3.63, 3.8) is 0 Å². The van der Waals surface area contributed by atoms with Crippen LogP contribution in [0, 0.1) is 0 Å². The molecule has 27 heavy (non-hydrogen) atoms. The Morgan fingerprint density at radius 1 is 1.22 bits per heavy atom. The van der Waals surface area contributed by atoms with Gasteiger partial charge in [-0.15, -0.1) is 0 Å². The quantitative estimate of drug-likeness (QED) is 0.752. The van der Waals surface area contributed by atoms with Gasteiger partial charge < -0.3 is 9.64 Å². The molecule has 1 fully saturated rings. The molecule has 0 saturated carbocycles. The topological polar surface area (TPSA) is 88.6 Å². The summed E-state index contributed by atoms with van der Waals surface area (Å²) in [6.45, 7) is 0.556. The van der Waals surface area contributed by atoms with Gasteiger partial charge in [-0.25, -0.2) is 0 Å². The Bertz CT molecular complexity index is 929. The first-order chi connectivity index (χ1) is 13.0. The van der Waals surface area contributed by atoms with E-state index in [1.807, 2.05) is 12.1 Å². The molecule has 2 aliphatic heterocycles. The van der Waals surface area contributed by atoms with Crippen LogP contribution in [0.1, 0.15) is 34.5 Å². The number of pyridine rings is 1. The highest BCUT2D eigenvalue weighted by molar-refractivity contribution is 9.10. The van der Waals surface area contributed by atoms with E-state index >= 15 is 0 Å². The van der Waals surface area contributed by atoms with E-state index in [0.29, 0.717) is 17.7 Å². The van der Waals surface area contributed by atoms with Crippen molar-refractivity contribution in [2.75, 3.05) is 0 Å². The van der Waals surface area contributed by atoms with Gasteiger partial charge in [0.1, 0.15) is 18.4 Å². The lowest BCUT2D eigenvalue weighted by Gasteiger charge is -2.29. The van der Waals surface area contributed by atoms with Crippen LogP contribution < -0.4 is 10.1 Å². The number of nitrogens with one attached hydrogen (secondary N) is 1. The molecular weight excluding hydrogens is 414 g/mol. The Hall–Kier alpha value is -2.74. The Morgan fingerprint density at radius 3 is 2.81 bits per heavy atom. The Labute approximate surface area is 163 Å². The molecule has 0 bridgehead atoms. The van der Waals surface area contributed by atoms with Crippen molar-refractivity contribution in [3.8, 4) is 5.75 Å². The third kappa shape index (κ3) is 3.44. The molecule has 0 spiro atoms. The van der Waals surface area contributed by atoms with Crippen LogP contribution in [0.4, 0.5) is 0 Å². The van der Waals surface area contributed by atoms with Gasteiger partial charge in [0.15, 0.2) is 0 Å². The van der Waals surface area contributed by atoms with Gasteiger partial charge in [-0.3, -0.25) is 24.7 Å². The minimum absolute atomic E-state index is 0.216. The molecule has 7 nitrogen and oxygen atoms in total. The SMILES string of the molecule is O=C1CCC(N2Cc3c(OCc4ccc(Br)cn4)cccc3C2=O)C(=O)N1. The average molecular weight is 430 g/mol. The highest BCUT2D eigenvalue weighted by Gasteiger charge is 2.40. The monoisotopic (exact) mass is 429 g/mol. The predicted molar refractivity (Wildman–Crippen MR) is 98.8 cm³/mol. The van der Waals surface area contributed by atoms with Crippen LogP contribution >= 0.6 is 15.9 Å². The van der Waals surface area contributed by atoms with Crippen LogP contribution in [0.15, 0.2) is 41.0 Å². The summed E-state index contributed by atoms with van der Waals surface area (Å²) < 4.78 is 6.78. The van der Waals surface area contributed by atoms with E-state index in [-0.39, 0.29) is 31.4 Å². The lowest BCUT2D eigenvalue weighted by atomic mass is 10.0. The lowest BCUT2D eigenvalue weighted by molar-refractivity contribution is -0.136. The summed E-state index contributed by atoms with van der Waals surface area (Å²) in [7, 11) is 0. The zero-order valence-corrected chi connectivity index (χ0v) is 15.9. The van der Waals surface area contributed by atoms with Crippen LogP contribution in [0.3, 0.4) is 0 Å². The van der Waals surface area contributed by atoms with E-state index in [4.69, 9.17) is 4.74 Å². The second kappa shape index (κ2) is 7.11. The van der Waals surface area contributed by atoms with E-state index < -0.39 is 11.9 Å². The first kappa shape index (κ1) is 17.7. The van der Waals surface area contributed by atoms with Gasteiger partial charge >= 0.3 is 0 Å². The molecular formula is C19H16BrN3O4. The van der Waals surface area contributed by atoms with Gasteiger partial charge in [-0.05, 0) is 46.6 Å². The largest absolute Gasteiger partial charge is 0.487 e. The highest BCUT2D eigenvalue weighted by atomic mass is 79.9. The number of carbonyl (C=O) groups excluding carboxylic acids is 3. The molecule has 4 rings (SSSR count). The lowest BCUT2D eigenvalue weighted by Crippen LogP contribution is -2.52. The number of carbonyl (C=O) groups is 3. The van der Waals surface area contributed by atoms with Crippen molar-refractivity contribution in [1.82, 2.24) is 15.2 Å². The van der Waals surface area contributed by atoms with Crippen molar-refractivity contribution in [2.24, 2.45) is 0 Å². The van der Waals surface area contributed by atoms with E-state index in [0.717, 1.165) is 15.7 Å². The van der Waals surface area contributed by atoms with Gasteiger partial charge in [0.05, 0.1) is 12.2 Å². The predicted octanol–water partition coefficient (Wildman–Crippen LogP) is 2.18. The second-order valence-corrected chi connectivity index (χ2v) is 7.35. The van der Waals surface area contributed by atoms with Crippen LogP contribution in [0.25, 0.3) is 0 Å². The van der Waals surface area contributed by atoms with Gasteiger partial charge in [-0.1, -0.05) is 6.07 Å². The van der Waals surface area contributed by atoms with E-state index in [2.05, 4.69) is 26.2 Å². The molecule has 2 aromatic rings. The highest BCUT2D eigenvalue weighted by Crippen LogP contribution is 2.33. The Morgan fingerprint density at radius 2 is 2.07 bits per heavy atom. The number of nitrogens with zero attached hydrogens (tertiary/aromatic N) is 2. The van der Waals surface area contributed by atoms with Gasteiger partial charge in [-0.2, -0.15) is 0 Å². The minimum Gasteiger partial charge on any atom is -0.487 e. The number of piperidine rings is 1. The molecule has 1 atom stereocenters. The molecule has 1 N–H and O–H groups in total. The normalized spacial score (nSPS) is 19.1. The van der Waals surface area contributed by atoms with E-state index in [1.165, 1.54) is 4.90 Å². The van der Waals surface area contributed by atoms with Crippen LogP contribution in [0.5, 0.6) is 5.75 Å². The molecule has 3 amide bonds. The van der Waals surface area contributed by atoms with Gasteiger partial charge in [0.25, 0.3) is 5.91 Å². The number of hydrogen-bond acceptors (Lipinski definition) is 5. The van der Waals surface area contributed by atoms with Gasteiger partial charge in [0, 0.05) is 28.2 Å². The van der Waals surface area contributed by atoms with Crippen molar-refractivity contribution in [2.45, 2.75) is 32.0 Å². The zero-order valence-electron chi connectivity index (χ0n) is 14.3. The summed E-state index contributed by atoms with van der Waals surface area (Å²) in [4.78, 5) is 42.1. The summed E-state index contributed by atoms with van der Waals surface area (Å²) in [5, 5.41) is 2.30. The summed E-state index contributed by atoms with van der Waals surface area (Å²) in [5.41, 5.74) is 2.05. The van der Waals surface area contributed by atoms with Crippen molar-refractivity contribution < 1.29 is 19.1 Å². The number of rotatable bonds is 4. The maximum absolute atomic E-state index is 12.8. The molecule has 1 aromatic carbocycles. The molecule has 2 aliphatic rings. The third-order valence-corrected chi connectivity index (χ3v) is 5.17. The number of fused-ring (bicyclic) bond motifs is 1. The smallest absolute Gasteiger partial charge is 0.255 e. The fourth-order valence-electron chi connectivity index (χ4n) is 3.34. The molecule has 1 aromatic heterocycles. The Kier molecular flexibility index (Phi) is 4.65. The van der Waals surface area contributed by atoms with Crippen molar-refractivity contribution >= 4 is 33.7 Å². The first-order valence-electron chi connectivity index (χ1n) is 8.52. The van der Waals surface area contributed by atoms with E-state index in [1.54, 1.807) is 24.4 Å². The number of benzene rings is 1. The maximum Gasteiger partial charge on any atom is 0.255 e. The van der Waals surface area contributed by atoms with Crippen LogP contribution in [-0.4, -0.2) is 33.6 Å². The molecule has 0 aliphatic carbocycles. The van der Waals surface area contributed by atoms with Crippen molar-refractivity contribution in [3.05, 3.63) is 57.8 Å². The fraction of sp³-hybridized carbons (Fsp3) is 0.263. The fourth-order valence-corrected chi connectivity index (χ4v) is 3.57. The first-order valence-corrected chi connectivity index (χ1v) is 9.32. The molecule has 138 valence electrons. The number of halogens is 1. The van der Waals surface area contributed by atoms with Gasteiger partial charge in [0.2, 0.25) is 11.8 Å². The molecule has 8 heteroatoms.